The van der Waals surface area contributed by atoms with E-state index < -0.39 is 35.9 Å². The number of carbonyl (C=O) groups excluding carboxylic acids is 2. The van der Waals surface area contributed by atoms with Crippen LogP contribution >= 0.6 is 0 Å². The number of nitrogens with one attached hydrogen (secondary N) is 2. The molecule has 0 heterocycles. The lowest BCUT2D eigenvalue weighted by atomic mass is 10.1. The van der Waals surface area contributed by atoms with Crippen LogP contribution in [0.3, 0.4) is 0 Å². The van der Waals surface area contributed by atoms with Crippen LogP contribution < -0.4 is 27.8 Å². The highest BCUT2D eigenvalue weighted by atomic mass is 16.4. The van der Waals surface area contributed by atoms with E-state index in [-0.39, 0.29) is 6.42 Å². The molecule has 0 spiro atoms. The molecule has 0 fully saturated rings. The molecule has 0 aliphatic heterocycles. The Morgan fingerprint density at radius 1 is 0.917 bits per heavy atom. The number of carboxylic acids is 1. The minimum atomic E-state index is -1.11. The van der Waals surface area contributed by atoms with Crippen molar-refractivity contribution in [3.63, 3.8) is 0 Å². The number of carbonyl (C=O) groups is 3. The number of rotatable bonds is 13. The largest absolute Gasteiger partial charge is 0.480 e. The quantitative estimate of drug-likeness (QED) is 0.224. The van der Waals surface area contributed by atoms with Crippen molar-refractivity contribution in [1.82, 2.24) is 10.6 Å². The molecule has 0 bridgehead atoms. The minimum absolute atomic E-state index is 0.289. The van der Waals surface area contributed by atoms with E-state index in [1.54, 1.807) is 0 Å². The highest BCUT2D eigenvalue weighted by molar-refractivity contribution is 5.91. The second-order valence-electron chi connectivity index (χ2n) is 5.81. The lowest BCUT2D eigenvalue weighted by Crippen LogP contribution is -2.53. The fourth-order valence-corrected chi connectivity index (χ4v) is 2.07. The molecule has 2 amide bonds. The molecule has 0 rings (SSSR count). The molecule has 0 aromatic heterocycles. The summed E-state index contributed by atoms with van der Waals surface area (Å²) in [5.41, 5.74) is 16.5. The maximum Gasteiger partial charge on any atom is 0.326 e. The number of hydrogen-bond donors (Lipinski definition) is 6. The van der Waals surface area contributed by atoms with Crippen LogP contribution in [0.25, 0.3) is 0 Å². The van der Waals surface area contributed by atoms with Gasteiger partial charge in [-0.1, -0.05) is 6.42 Å². The molecule has 3 atom stereocenters. The summed E-state index contributed by atoms with van der Waals surface area (Å²) < 4.78 is 0. The standard InChI is InChI=1S/C15H31N5O4/c1-10(19-14(22)11(18)6-2-4-8-16)13(21)20-12(15(23)24)7-3-5-9-17/h10-12H,2-9,16-18H2,1H3,(H,19,22)(H,20,21)(H,23,24)/t10-,11+,12+/m1/s1. The predicted molar refractivity (Wildman–Crippen MR) is 91.0 cm³/mol. The Kier molecular flexibility index (Phi) is 11.8. The van der Waals surface area contributed by atoms with Crippen LogP contribution in [0, 0.1) is 0 Å². The summed E-state index contributed by atoms with van der Waals surface area (Å²) in [4.78, 5) is 35.1. The van der Waals surface area contributed by atoms with E-state index in [0.29, 0.717) is 32.4 Å². The smallest absolute Gasteiger partial charge is 0.326 e. The Labute approximate surface area is 142 Å². The van der Waals surface area contributed by atoms with Crippen LogP contribution in [0.1, 0.15) is 45.4 Å². The normalized spacial score (nSPS) is 14.5. The number of amides is 2. The average molecular weight is 345 g/mol. The molecule has 0 aliphatic rings. The number of hydrogen-bond acceptors (Lipinski definition) is 6. The van der Waals surface area contributed by atoms with Gasteiger partial charge in [-0.2, -0.15) is 0 Å². The summed E-state index contributed by atoms with van der Waals surface area (Å²) in [6.07, 6.45) is 3.56. The highest BCUT2D eigenvalue weighted by Crippen LogP contribution is 2.02. The summed E-state index contributed by atoms with van der Waals surface area (Å²) in [6.45, 7) is 2.49. The molecule has 0 aliphatic carbocycles. The maximum atomic E-state index is 12.0. The van der Waals surface area contributed by atoms with Gasteiger partial charge in [0.15, 0.2) is 0 Å². The third-order valence-electron chi connectivity index (χ3n) is 3.62. The van der Waals surface area contributed by atoms with Gasteiger partial charge in [-0.25, -0.2) is 4.79 Å². The molecule has 9 heteroatoms. The first-order chi connectivity index (χ1) is 11.3. The summed E-state index contributed by atoms with van der Waals surface area (Å²) in [7, 11) is 0. The Morgan fingerprint density at radius 2 is 1.46 bits per heavy atom. The zero-order valence-corrected chi connectivity index (χ0v) is 14.3. The van der Waals surface area contributed by atoms with E-state index in [1.165, 1.54) is 6.92 Å². The van der Waals surface area contributed by atoms with E-state index >= 15 is 0 Å². The summed E-state index contributed by atoms with van der Waals surface area (Å²) >= 11 is 0. The van der Waals surface area contributed by atoms with E-state index in [0.717, 1.165) is 12.8 Å². The average Bonchev–Trinajstić information content (AvgIpc) is 2.53. The van der Waals surface area contributed by atoms with Gasteiger partial charge in [-0.05, 0) is 52.1 Å². The summed E-state index contributed by atoms with van der Waals surface area (Å²) in [5.74, 6) is -2.11. The van der Waals surface area contributed by atoms with Crippen LogP contribution in [0.5, 0.6) is 0 Å². The van der Waals surface area contributed by atoms with E-state index in [2.05, 4.69) is 10.6 Å². The Morgan fingerprint density at radius 3 is 1.96 bits per heavy atom. The second-order valence-corrected chi connectivity index (χ2v) is 5.81. The van der Waals surface area contributed by atoms with E-state index in [4.69, 9.17) is 22.3 Å². The van der Waals surface area contributed by atoms with E-state index in [1.807, 2.05) is 0 Å². The molecular weight excluding hydrogens is 314 g/mol. The number of carboxylic acid groups (broad SMARTS) is 1. The Hall–Kier alpha value is -1.71. The van der Waals surface area contributed by atoms with E-state index in [9.17, 15) is 14.4 Å². The minimum Gasteiger partial charge on any atom is -0.480 e. The molecule has 0 saturated heterocycles. The van der Waals surface area contributed by atoms with Crippen molar-refractivity contribution in [3.05, 3.63) is 0 Å². The van der Waals surface area contributed by atoms with Gasteiger partial charge >= 0.3 is 5.97 Å². The molecule has 0 saturated carbocycles. The second kappa shape index (κ2) is 12.7. The first kappa shape index (κ1) is 22.3. The Bertz CT molecular complexity index is 405. The van der Waals surface area contributed by atoms with Gasteiger partial charge in [0.05, 0.1) is 6.04 Å². The van der Waals surface area contributed by atoms with Crippen molar-refractivity contribution in [2.45, 2.75) is 63.6 Å². The monoisotopic (exact) mass is 345 g/mol. The van der Waals surface area contributed by atoms with Gasteiger partial charge in [0.25, 0.3) is 0 Å². The van der Waals surface area contributed by atoms with Crippen molar-refractivity contribution in [2.75, 3.05) is 13.1 Å². The summed E-state index contributed by atoms with van der Waals surface area (Å²) in [6, 6.07) is -2.58. The predicted octanol–water partition coefficient (Wildman–Crippen LogP) is -1.35. The van der Waals surface area contributed by atoms with Crippen molar-refractivity contribution < 1.29 is 19.5 Å². The molecular formula is C15H31N5O4. The molecule has 0 radical (unpaired) electrons. The lowest BCUT2D eigenvalue weighted by Gasteiger charge is -2.20. The molecule has 140 valence electrons. The lowest BCUT2D eigenvalue weighted by molar-refractivity contribution is -0.142. The Balaban J connectivity index is 4.36. The van der Waals surface area contributed by atoms with Gasteiger partial charge in [0.2, 0.25) is 11.8 Å². The fraction of sp³-hybridized carbons (Fsp3) is 0.800. The summed E-state index contributed by atoms with van der Waals surface area (Å²) in [5, 5.41) is 14.0. The van der Waals surface area contributed by atoms with Gasteiger partial charge in [-0.3, -0.25) is 9.59 Å². The zero-order chi connectivity index (χ0) is 18.5. The van der Waals surface area contributed by atoms with Crippen LogP contribution in [-0.2, 0) is 14.4 Å². The zero-order valence-electron chi connectivity index (χ0n) is 14.3. The van der Waals surface area contributed by atoms with Crippen molar-refractivity contribution in [3.8, 4) is 0 Å². The van der Waals surface area contributed by atoms with Gasteiger partial charge in [0.1, 0.15) is 12.1 Å². The first-order valence-electron chi connectivity index (χ1n) is 8.32. The fourth-order valence-electron chi connectivity index (χ4n) is 2.07. The van der Waals surface area contributed by atoms with Gasteiger partial charge in [0, 0.05) is 0 Å². The van der Waals surface area contributed by atoms with Crippen molar-refractivity contribution in [1.29, 1.82) is 0 Å². The highest BCUT2D eigenvalue weighted by Gasteiger charge is 2.24. The topological polar surface area (TPSA) is 174 Å². The van der Waals surface area contributed by atoms with Crippen LogP contribution in [0.2, 0.25) is 0 Å². The van der Waals surface area contributed by atoms with Crippen LogP contribution in [0.15, 0.2) is 0 Å². The van der Waals surface area contributed by atoms with Crippen LogP contribution in [0.4, 0.5) is 0 Å². The van der Waals surface area contributed by atoms with Crippen molar-refractivity contribution in [2.24, 2.45) is 17.2 Å². The third kappa shape index (κ3) is 9.43. The molecule has 9 nitrogen and oxygen atoms in total. The van der Waals surface area contributed by atoms with Crippen LogP contribution in [-0.4, -0.2) is 54.1 Å². The molecule has 0 unspecified atom stereocenters. The van der Waals surface area contributed by atoms with Gasteiger partial charge in [-0.15, -0.1) is 0 Å². The molecule has 9 N–H and O–H groups in total. The number of aliphatic carboxylic acids is 1. The molecule has 0 aromatic carbocycles. The maximum absolute atomic E-state index is 12.0. The number of unbranched alkanes of at least 4 members (excludes halogenated alkanes) is 2. The number of nitrogens with two attached hydrogens (primary N) is 3. The first-order valence-corrected chi connectivity index (χ1v) is 8.32. The van der Waals surface area contributed by atoms with Gasteiger partial charge < -0.3 is 32.9 Å². The molecule has 24 heavy (non-hydrogen) atoms. The molecule has 0 aromatic rings. The third-order valence-corrected chi connectivity index (χ3v) is 3.62. The van der Waals surface area contributed by atoms with Crippen molar-refractivity contribution >= 4 is 17.8 Å². The SMILES string of the molecule is C[C@@H](NC(=O)[C@@H](N)CCCCN)C(=O)N[C@@H](CCCCN)C(=O)O.